The molecule has 0 aliphatic carbocycles. The van der Waals surface area contributed by atoms with Crippen molar-refractivity contribution in [3.63, 3.8) is 0 Å². The lowest BCUT2D eigenvalue weighted by molar-refractivity contribution is 0.431. The van der Waals surface area contributed by atoms with Gasteiger partial charge in [0.1, 0.15) is 5.75 Å². The molecule has 0 saturated heterocycles. The van der Waals surface area contributed by atoms with Crippen molar-refractivity contribution in [1.82, 2.24) is 10.1 Å². The molecule has 0 radical (unpaired) electrons. The predicted molar refractivity (Wildman–Crippen MR) is 79.5 cm³/mol. The molecule has 0 aliphatic rings. The molecule has 3 rings (SSSR count). The van der Waals surface area contributed by atoms with Crippen LogP contribution >= 0.6 is 27.5 Å². The minimum absolute atomic E-state index is 0.119. The largest absolute Gasteiger partial charge is 0.507 e. The number of aromatic hydroxyl groups is 1. The van der Waals surface area contributed by atoms with Crippen molar-refractivity contribution in [1.29, 1.82) is 0 Å². The third-order valence-electron chi connectivity index (χ3n) is 2.72. The van der Waals surface area contributed by atoms with Crippen LogP contribution in [-0.2, 0) is 0 Å². The molecule has 0 saturated carbocycles. The summed E-state index contributed by atoms with van der Waals surface area (Å²) in [5.41, 5.74) is 1.46. The highest BCUT2D eigenvalue weighted by Gasteiger charge is 2.11. The fourth-order valence-electron chi connectivity index (χ4n) is 1.70. The summed E-state index contributed by atoms with van der Waals surface area (Å²) in [4.78, 5) is 4.30. The molecule has 0 aliphatic heterocycles. The average molecular weight is 352 g/mol. The highest BCUT2D eigenvalue weighted by atomic mass is 79.9. The second-order valence-electron chi connectivity index (χ2n) is 4.10. The zero-order chi connectivity index (χ0) is 14.1. The Morgan fingerprint density at radius 2 is 1.75 bits per heavy atom. The Morgan fingerprint density at radius 1 is 1.05 bits per heavy atom. The molecule has 1 aromatic heterocycles. The molecule has 0 fully saturated rings. The van der Waals surface area contributed by atoms with Gasteiger partial charge in [-0.2, -0.15) is 4.98 Å². The molecule has 4 nitrogen and oxygen atoms in total. The Bertz CT molecular complexity index is 756. The van der Waals surface area contributed by atoms with Gasteiger partial charge >= 0.3 is 0 Å². The first-order valence-electron chi connectivity index (χ1n) is 5.72. The highest BCUT2D eigenvalue weighted by molar-refractivity contribution is 9.10. The SMILES string of the molecule is Oc1cc(-c2nc(-c3ccc(Cl)cc3)no2)ccc1Br. The van der Waals surface area contributed by atoms with Crippen molar-refractivity contribution in [2.75, 3.05) is 0 Å². The number of rotatable bonds is 2. The van der Waals surface area contributed by atoms with Crippen LogP contribution in [0.5, 0.6) is 5.75 Å². The number of hydrogen-bond donors (Lipinski definition) is 1. The molecule has 0 spiro atoms. The molecule has 100 valence electrons. The van der Waals surface area contributed by atoms with E-state index in [-0.39, 0.29) is 5.75 Å². The van der Waals surface area contributed by atoms with Gasteiger partial charge in [0, 0.05) is 16.1 Å². The third kappa shape index (κ3) is 2.55. The van der Waals surface area contributed by atoms with Crippen LogP contribution in [0.15, 0.2) is 51.5 Å². The Morgan fingerprint density at radius 3 is 2.45 bits per heavy atom. The van der Waals surface area contributed by atoms with E-state index >= 15 is 0 Å². The van der Waals surface area contributed by atoms with Crippen molar-refractivity contribution < 1.29 is 9.63 Å². The number of phenolic OH excluding ortho intramolecular Hbond substituents is 1. The minimum atomic E-state index is 0.119. The summed E-state index contributed by atoms with van der Waals surface area (Å²) in [6.07, 6.45) is 0. The van der Waals surface area contributed by atoms with Crippen molar-refractivity contribution >= 4 is 27.5 Å². The van der Waals surface area contributed by atoms with Crippen LogP contribution in [0.25, 0.3) is 22.8 Å². The zero-order valence-electron chi connectivity index (χ0n) is 10.0. The summed E-state index contributed by atoms with van der Waals surface area (Å²) in [5, 5.41) is 14.2. The first-order chi connectivity index (χ1) is 9.63. The van der Waals surface area contributed by atoms with Crippen molar-refractivity contribution in [3.05, 3.63) is 52.0 Å². The molecular weight excluding hydrogens is 344 g/mol. The zero-order valence-corrected chi connectivity index (χ0v) is 12.4. The number of aromatic nitrogens is 2. The molecule has 6 heteroatoms. The van der Waals surface area contributed by atoms with Gasteiger partial charge in [0.2, 0.25) is 5.82 Å². The van der Waals surface area contributed by atoms with E-state index in [2.05, 4.69) is 26.1 Å². The molecule has 0 unspecified atom stereocenters. The van der Waals surface area contributed by atoms with E-state index in [9.17, 15) is 5.11 Å². The third-order valence-corrected chi connectivity index (χ3v) is 3.64. The van der Waals surface area contributed by atoms with E-state index in [1.165, 1.54) is 0 Å². The molecule has 0 atom stereocenters. The quantitative estimate of drug-likeness (QED) is 0.737. The molecular formula is C14H8BrClN2O2. The van der Waals surface area contributed by atoms with E-state index < -0.39 is 0 Å². The minimum Gasteiger partial charge on any atom is -0.507 e. The van der Waals surface area contributed by atoms with Crippen LogP contribution in [0, 0.1) is 0 Å². The summed E-state index contributed by atoms with van der Waals surface area (Å²) in [6, 6.07) is 12.2. The molecule has 1 heterocycles. The van der Waals surface area contributed by atoms with Crippen LogP contribution in [-0.4, -0.2) is 15.2 Å². The lowest BCUT2D eigenvalue weighted by Gasteiger charge is -1.98. The standard InChI is InChI=1S/C14H8BrClN2O2/c15-11-6-3-9(7-12(11)19)14-17-13(18-20-14)8-1-4-10(16)5-2-8/h1-7,19H. The molecule has 3 aromatic rings. The first-order valence-corrected chi connectivity index (χ1v) is 6.89. The summed E-state index contributed by atoms with van der Waals surface area (Å²) in [7, 11) is 0. The molecule has 0 bridgehead atoms. The topological polar surface area (TPSA) is 59.2 Å². The maximum absolute atomic E-state index is 9.66. The van der Waals surface area contributed by atoms with E-state index in [0.717, 1.165) is 5.56 Å². The maximum atomic E-state index is 9.66. The number of halogens is 2. The number of hydrogen-bond acceptors (Lipinski definition) is 4. The van der Waals surface area contributed by atoms with E-state index in [1.54, 1.807) is 30.3 Å². The number of benzene rings is 2. The predicted octanol–water partition coefficient (Wildman–Crippen LogP) is 4.53. The molecule has 20 heavy (non-hydrogen) atoms. The monoisotopic (exact) mass is 350 g/mol. The van der Waals surface area contributed by atoms with Crippen LogP contribution in [0.3, 0.4) is 0 Å². The van der Waals surface area contributed by atoms with Gasteiger partial charge in [0.05, 0.1) is 4.47 Å². The lowest BCUT2D eigenvalue weighted by atomic mass is 10.2. The van der Waals surface area contributed by atoms with E-state index in [1.807, 2.05) is 12.1 Å². The van der Waals surface area contributed by atoms with Gasteiger partial charge in [0.15, 0.2) is 0 Å². The average Bonchev–Trinajstić information content (AvgIpc) is 2.92. The fraction of sp³-hybridized carbons (Fsp3) is 0. The lowest BCUT2D eigenvalue weighted by Crippen LogP contribution is -1.81. The fourth-order valence-corrected chi connectivity index (χ4v) is 2.08. The van der Waals surface area contributed by atoms with Gasteiger partial charge in [0.25, 0.3) is 5.89 Å². The Labute approximate surface area is 128 Å². The highest BCUT2D eigenvalue weighted by Crippen LogP contribution is 2.30. The molecule has 0 amide bonds. The van der Waals surface area contributed by atoms with Gasteiger partial charge in [-0.25, -0.2) is 0 Å². The number of nitrogens with zero attached hydrogens (tertiary/aromatic N) is 2. The maximum Gasteiger partial charge on any atom is 0.258 e. The van der Waals surface area contributed by atoms with Gasteiger partial charge in [-0.3, -0.25) is 0 Å². The second-order valence-corrected chi connectivity index (χ2v) is 5.39. The Hall–Kier alpha value is -1.85. The first kappa shape index (κ1) is 13.1. The van der Waals surface area contributed by atoms with Crippen molar-refractivity contribution in [2.45, 2.75) is 0 Å². The summed E-state index contributed by atoms with van der Waals surface area (Å²) in [6.45, 7) is 0. The summed E-state index contributed by atoms with van der Waals surface area (Å²) in [5.74, 6) is 0.936. The summed E-state index contributed by atoms with van der Waals surface area (Å²) >= 11 is 9.06. The van der Waals surface area contributed by atoms with Gasteiger partial charge in [-0.05, 0) is 58.4 Å². The molecule has 2 aromatic carbocycles. The summed E-state index contributed by atoms with van der Waals surface area (Å²) < 4.78 is 5.82. The van der Waals surface area contributed by atoms with Gasteiger partial charge < -0.3 is 9.63 Å². The molecule has 1 N–H and O–H groups in total. The second kappa shape index (κ2) is 5.26. The van der Waals surface area contributed by atoms with Crippen molar-refractivity contribution in [2.24, 2.45) is 0 Å². The van der Waals surface area contributed by atoms with Crippen LogP contribution in [0.1, 0.15) is 0 Å². The number of phenols is 1. The van der Waals surface area contributed by atoms with E-state index in [0.29, 0.717) is 26.8 Å². The smallest absolute Gasteiger partial charge is 0.258 e. The Balaban J connectivity index is 1.97. The van der Waals surface area contributed by atoms with Gasteiger partial charge in [-0.15, -0.1) is 0 Å². The Kier molecular flexibility index (Phi) is 3.46. The normalized spacial score (nSPS) is 10.7. The van der Waals surface area contributed by atoms with Crippen LogP contribution in [0.2, 0.25) is 5.02 Å². The van der Waals surface area contributed by atoms with Gasteiger partial charge in [-0.1, -0.05) is 16.8 Å². The van der Waals surface area contributed by atoms with Crippen LogP contribution in [0.4, 0.5) is 0 Å². The van der Waals surface area contributed by atoms with Crippen LogP contribution < -0.4 is 0 Å². The van der Waals surface area contributed by atoms with Crippen molar-refractivity contribution in [3.8, 4) is 28.6 Å². The van der Waals surface area contributed by atoms with E-state index in [4.69, 9.17) is 16.1 Å².